The molecule has 0 aromatic heterocycles. The molecule has 1 saturated heterocycles. The molecule has 9 heteroatoms. The maximum Gasteiger partial charge on any atom is 0.320 e. The van der Waals surface area contributed by atoms with Crippen LogP contribution in [0, 0.1) is 10.1 Å². The van der Waals surface area contributed by atoms with Crippen LogP contribution in [-0.4, -0.2) is 23.5 Å². The van der Waals surface area contributed by atoms with Crippen molar-refractivity contribution in [1.29, 1.82) is 0 Å². The van der Waals surface area contributed by atoms with E-state index in [1.165, 1.54) is 12.1 Å². The summed E-state index contributed by atoms with van der Waals surface area (Å²) in [6, 6.07) is 15.0. The SMILES string of the molecule is O=C1NC(Nc2ccccc2)NC(Nc2ccc([N+](=O)[O-])cc2)N1. The van der Waals surface area contributed by atoms with Gasteiger partial charge < -0.3 is 21.3 Å². The van der Waals surface area contributed by atoms with Crippen molar-refractivity contribution in [2.75, 3.05) is 10.6 Å². The van der Waals surface area contributed by atoms with Crippen LogP contribution >= 0.6 is 0 Å². The highest BCUT2D eigenvalue weighted by Gasteiger charge is 2.24. The second kappa shape index (κ2) is 6.84. The fraction of sp³-hybridized carbons (Fsp3) is 0.133. The lowest BCUT2D eigenvalue weighted by Gasteiger charge is -2.34. The van der Waals surface area contributed by atoms with Crippen molar-refractivity contribution in [2.45, 2.75) is 12.6 Å². The van der Waals surface area contributed by atoms with E-state index in [9.17, 15) is 14.9 Å². The minimum absolute atomic E-state index is 0.00600. The predicted octanol–water partition coefficient (Wildman–Crippen LogP) is 1.59. The lowest BCUT2D eigenvalue weighted by molar-refractivity contribution is -0.384. The normalized spacial score (nSPS) is 19.8. The van der Waals surface area contributed by atoms with E-state index in [-0.39, 0.29) is 11.7 Å². The molecular weight excluding hydrogens is 312 g/mol. The quantitative estimate of drug-likeness (QED) is 0.420. The molecule has 1 aliphatic heterocycles. The van der Waals surface area contributed by atoms with E-state index in [0.29, 0.717) is 5.69 Å². The number of hydrogen-bond acceptors (Lipinski definition) is 6. The number of para-hydroxylation sites is 1. The number of hydrogen-bond donors (Lipinski definition) is 5. The molecule has 2 aromatic carbocycles. The monoisotopic (exact) mass is 328 g/mol. The van der Waals surface area contributed by atoms with Gasteiger partial charge in [0.05, 0.1) is 4.92 Å². The van der Waals surface area contributed by atoms with Crippen molar-refractivity contribution >= 4 is 23.1 Å². The molecule has 0 aliphatic carbocycles. The molecule has 0 bridgehead atoms. The fourth-order valence-electron chi connectivity index (χ4n) is 2.26. The van der Waals surface area contributed by atoms with Crippen LogP contribution in [0.5, 0.6) is 0 Å². The molecule has 0 spiro atoms. The van der Waals surface area contributed by atoms with E-state index in [1.54, 1.807) is 12.1 Å². The van der Waals surface area contributed by atoms with E-state index < -0.39 is 17.5 Å². The minimum Gasteiger partial charge on any atom is -0.353 e. The van der Waals surface area contributed by atoms with Crippen molar-refractivity contribution in [2.24, 2.45) is 0 Å². The Balaban J connectivity index is 1.63. The van der Waals surface area contributed by atoms with Crippen molar-refractivity contribution < 1.29 is 9.72 Å². The Kier molecular flexibility index (Phi) is 4.43. The van der Waals surface area contributed by atoms with E-state index in [0.717, 1.165) is 5.69 Å². The van der Waals surface area contributed by atoms with E-state index in [1.807, 2.05) is 30.3 Å². The number of nitrogens with zero attached hydrogens (tertiary/aromatic N) is 1. The van der Waals surface area contributed by atoms with Gasteiger partial charge >= 0.3 is 6.03 Å². The van der Waals surface area contributed by atoms with Crippen LogP contribution < -0.4 is 26.6 Å². The summed E-state index contributed by atoms with van der Waals surface area (Å²) in [4.78, 5) is 22.0. The smallest absolute Gasteiger partial charge is 0.320 e. The Morgan fingerprint density at radius 1 is 0.875 bits per heavy atom. The van der Waals surface area contributed by atoms with Crippen LogP contribution in [0.25, 0.3) is 0 Å². The van der Waals surface area contributed by atoms with Gasteiger partial charge in [0.15, 0.2) is 12.6 Å². The van der Waals surface area contributed by atoms with Crippen molar-refractivity contribution in [3.8, 4) is 0 Å². The molecule has 2 aromatic rings. The Bertz CT molecular complexity index is 722. The van der Waals surface area contributed by atoms with Crippen LogP contribution in [0.2, 0.25) is 0 Å². The zero-order valence-corrected chi connectivity index (χ0v) is 12.5. The standard InChI is InChI=1S/C15H16N6O3/c22-15-19-13(16-10-4-2-1-3-5-10)18-14(20-15)17-11-6-8-12(9-7-11)21(23)24/h1-9,13-14,16-18H,(H2,19,20,22). The second-order valence-corrected chi connectivity index (χ2v) is 5.11. The summed E-state index contributed by atoms with van der Waals surface area (Å²) in [6.07, 6.45) is -1.02. The van der Waals surface area contributed by atoms with E-state index in [4.69, 9.17) is 0 Å². The van der Waals surface area contributed by atoms with Gasteiger partial charge in [-0.25, -0.2) is 10.1 Å². The number of nitro benzene ring substituents is 1. The van der Waals surface area contributed by atoms with Gasteiger partial charge in [0.2, 0.25) is 0 Å². The lowest BCUT2D eigenvalue weighted by atomic mass is 10.3. The molecule has 1 heterocycles. The Labute approximate surface area is 137 Å². The maximum absolute atomic E-state index is 11.8. The zero-order valence-electron chi connectivity index (χ0n) is 12.5. The summed E-state index contributed by atoms with van der Waals surface area (Å²) >= 11 is 0. The van der Waals surface area contributed by atoms with Gasteiger partial charge in [0, 0.05) is 23.5 Å². The van der Waals surface area contributed by atoms with E-state index in [2.05, 4.69) is 26.6 Å². The van der Waals surface area contributed by atoms with Crippen LogP contribution in [-0.2, 0) is 0 Å². The van der Waals surface area contributed by atoms with Crippen LogP contribution in [0.15, 0.2) is 54.6 Å². The maximum atomic E-state index is 11.8. The van der Waals surface area contributed by atoms with Gasteiger partial charge in [-0.05, 0) is 24.3 Å². The molecular formula is C15H16N6O3. The number of rotatable bonds is 5. The Hall–Kier alpha value is -3.33. The topological polar surface area (TPSA) is 120 Å². The van der Waals surface area contributed by atoms with Crippen molar-refractivity contribution in [3.05, 3.63) is 64.7 Å². The molecule has 1 fully saturated rings. The van der Waals surface area contributed by atoms with Crippen LogP contribution in [0.4, 0.5) is 21.9 Å². The first-order valence-corrected chi connectivity index (χ1v) is 7.26. The van der Waals surface area contributed by atoms with Gasteiger partial charge in [0.25, 0.3) is 5.69 Å². The molecule has 2 unspecified atom stereocenters. The fourth-order valence-corrected chi connectivity index (χ4v) is 2.26. The summed E-state index contributed by atoms with van der Waals surface area (Å²) in [5, 5.41) is 25.3. The number of carbonyl (C=O) groups excluding carboxylic acids is 1. The molecule has 1 aliphatic rings. The average molecular weight is 328 g/mol. The molecule has 2 atom stereocenters. The average Bonchev–Trinajstić information content (AvgIpc) is 2.55. The van der Waals surface area contributed by atoms with Gasteiger partial charge in [-0.1, -0.05) is 18.2 Å². The van der Waals surface area contributed by atoms with Gasteiger partial charge in [-0.15, -0.1) is 0 Å². The third-order valence-electron chi connectivity index (χ3n) is 3.36. The predicted molar refractivity (Wildman–Crippen MR) is 89.2 cm³/mol. The number of benzene rings is 2. The lowest BCUT2D eigenvalue weighted by Crippen LogP contribution is -2.69. The molecule has 2 amide bonds. The first-order chi connectivity index (χ1) is 11.6. The first-order valence-electron chi connectivity index (χ1n) is 7.26. The molecule has 5 N–H and O–H groups in total. The van der Waals surface area contributed by atoms with Crippen LogP contribution in [0.1, 0.15) is 0 Å². The minimum atomic E-state index is -0.540. The molecule has 0 radical (unpaired) electrons. The number of urea groups is 1. The van der Waals surface area contributed by atoms with Crippen molar-refractivity contribution in [3.63, 3.8) is 0 Å². The summed E-state index contributed by atoms with van der Waals surface area (Å²) < 4.78 is 0. The molecule has 0 saturated carbocycles. The number of nitro groups is 1. The molecule has 9 nitrogen and oxygen atoms in total. The summed E-state index contributed by atoms with van der Waals surface area (Å²) in [5.74, 6) is 0. The van der Waals surface area contributed by atoms with Gasteiger partial charge in [-0.2, -0.15) is 0 Å². The second-order valence-electron chi connectivity index (χ2n) is 5.11. The van der Waals surface area contributed by atoms with Crippen LogP contribution in [0.3, 0.4) is 0 Å². The molecule has 124 valence electrons. The van der Waals surface area contributed by atoms with Gasteiger partial charge in [-0.3, -0.25) is 10.1 Å². The first kappa shape index (κ1) is 15.6. The number of carbonyl (C=O) groups is 1. The van der Waals surface area contributed by atoms with Gasteiger partial charge in [0.1, 0.15) is 0 Å². The number of non-ortho nitro benzene ring substituents is 1. The highest BCUT2D eigenvalue weighted by atomic mass is 16.6. The Morgan fingerprint density at radius 2 is 1.42 bits per heavy atom. The third-order valence-corrected chi connectivity index (χ3v) is 3.36. The summed E-state index contributed by atoms with van der Waals surface area (Å²) in [7, 11) is 0. The van der Waals surface area contributed by atoms with E-state index >= 15 is 0 Å². The molecule has 3 rings (SSSR count). The number of amides is 2. The highest BCUT2D eigenvalue weighted by Crippen LogP contribution is 2.16. The Morgan fingerprint density at radius 3 is 1.96 bits per heavy atom. The van der Waals surface area contributed by atoms with Crippen molar-refractivity contribution in [1.82, 2.24) is 16.0 Å². The highest BCUT2D eigenvalue weighted by molar-refractivity contribution is 5.76. The largest absolute Gasteiger partial charge is 0.353 e. The number of anilines is 2. The summed E-state index contributed by atoms with van der Waals surface area (Å²) in [5.41, 5.74) is 1.50. The zero-order chi connectivity index (χ0) is 16.9. The summed E-state index contributed by atoms with van der Waals surface area (Å²) in [6.45, 7) is 0. The number of nitrogens with one attached hydrogen (secondary N) is 5. The molecule has 24 heavy (non-hydrogen) atoms. The third kappa shape index (κ3) is 3.90.